The van der Waals surface area contributed by atoms with Crippen LogP contribution in [0.2, 0.25) is 19.1 Å². The molecular formula is C15H22Si. The lowest BCUT2D eigenvalue weighted by Gasteiger charge is -2.21. The third-order valence-electron chi connectivity index (χ3n) is 3.03. The van der Waals surface area contributed by atoms with Crippen molar-refractivity contribution in [3.8, 4) is 0 Å². The molecule has 0 heterocycles. The van der Waals surface area contributed by atoms with Gasteiger partial charge in [-0.15, -0.1) is 13.2 Å². The summed E-state index contributed by atoms with van der Waals surface area (Å²) in [6.45, 7) is 12.4. The number of hydrogen-bond acceptors (Lipinski definition) is 0. The lowest BCUT2D eigenvalue weighted by atomic mass is 10.1. The summed E-state index contributed by atoms with van der Waals surface area (Å²) < 4.78 is 0. The van der Waals surface area contributed by atoms with Crippen LogP contribution in [-0.2, 0) is 6.42 Å². The van der Waals surface area contributed by atoms with E-state index in [1.807, 2.05) is 6.08 Å². The molecule has 0 aliphatic heterocycles. The monoisotopic (exact) mass is 230 g/mol. The van der Waals surface area contributed by atoms with Gasteiger partial charge in [-0.2, -0.15) is 0 Å². The molecule has 0 bridgehead atoms. The summed E-state index contributed by atoms with van der Waals surface area (Å²) in [5.74, 6) is 0. The van der Waals surface area contributed by atoms with Gasteiger partial charge < -0.3 is 0 Å². The molecular weight excluding hydrogens is 208 g/mol. The van der Waals surface area contributed by atoms with Crippen LogP contribution >= 0.6 is 0 Å². The number of rotatable bonds is 6. The van der Waals surface area contributed by atoms with E-state index in [0.29, 0.717) is 0 Å². The molecule has 0 fully saturated rings. The summed E-state index contributed by atoms with van der Waals surface area (Å²) in [4.78, 5) is 0. The average molecular weight is 230 g/mol. The van der Waals surface area contributed by atoms with E-state index in [4.69, 9.17) is 0 Å². The van der Waals surface area contributed by atoms with Crippen LogP contribution in [0.1, 0.15) is 12.0 Å². The highest BCUT2D eigenvalue weighted by Gasteiger charge is 2.20. The minimum atomic E-state index is -1.27. The van der Waals surface area contributed by atoms with Crippen LogP contribution in [0.25, 0.3) is 0 Å². The third kappa shape index (κ3) is 3.49. The molecule has 1 aromatic carbocycles. The quantitative estimate of drug-likeness (QED) is 0.513. The minimum absolute atomic E-state index is 1.06. The molecule has 1 rings (SSSR count). The van der Waals surface area contributed by atoms with Gasteiger partial charge in [0.1, 0.15) is 0 Å². The van der Waals surface area contributed by atoms with Gasteiger partial charge in [0.15, 0.2) is 0 Å². The van der Waals surface area contributed by atoms with Crippen molar-refractivity contribution in [1.29, 1.82) is 0 Å². The topological polar surface area (TPSA) is 0 Å². The van der Waals surface area contributed by atoms with Gasteiger partial charge in [0.25, 0.3) is 0 Å². The number of benzene rings is 1. The van der Waals surface area contributed by atoms with E-state index in [2.05, 4.69) is 56.6 Å². The fourth-order valence-electron chi connectivity index (χ4n) is 1.87. The molecule has 0 radical (unpaired) electrons. The van der Waals surface area contributed by atoms with Gasteiger partial charge >= 0.3 is 0 Å². The Kier molecular flexibility index (Phi) is 4.75. The molecule has 0 aromatic heterocycles. The molecule has 1 aromatic rings. The molecule has 0 unspecified atom stereocenters. The van der Waals surface area contributed by atoms with Gasteiger partial charge in [0, 0.05) is 0 Å². The molecule has 0 atom stereocenters. The molecule has 0 N–H and O–H groups in total. The van der Waals surface area contributed by atoms with Crippen LogP contribution in [0, 0.1) is 0 Å². The van der Waals surface area contributed by atoms with Crippen molar-refractivity contribution < 1.29 is 0 Å². The summed E-state index contributed by atoms with van der Waals surface area (Å²) in [7, 11) is -1.27. The fourth-order valence-corrected chi connectivity index (χ4v) is 3.90. The van der Waals surface area contributed by atoms with Crippen LogP contribution in [0.4, 0.5) is 0 Å². The maximum atomic E-state index is 3.85. The molecule has 0 aliphatic carbocycles. The molecule has 16 heavy (non-hydrogen) atoms. The first kappa shape index (κ1) is 13.0. The van der Waals surface area contributed by atoms with Gasteiger partial charge in [0.2, 0.25) is 0 Å². The first-order valence-corrected chi connectivity index (χ1v) is 9.12. The van der Waals surface area contributed by atoms with Gasteiger partial charge in [-0.25, -0.2) is 0 Å². The molecule has 0 saturated carbocycles. The molecule has 86 valence electrons. The number of hydrogen-bond donors (Lipinski definition) is 0. The summed E-state index contributed by atoms with van der Waals surface area (Å²) in [5.41, 5.74) is 1.41. The van der Waals surface area contributed by atoms with E-state index in [0.717, 1.165) is 18.9 Å². The highest BCUT2D eigenvalue weighted by molar-refractivity contribution is 6.90. The van der Waals surface area contributed by atoms with Crippen molar-refractivity contribution in [1.82, 2.24) is 0 Å². The lowest BCUT2D eigenvalue weighted by Crippen LogP contribution is -2.40. The van der Waals surface area contributed by atoms with E-state index < -0.39 is 8.07 Å². The Bertz CT molecular complexity index is 346. The second-order valence-electron chi connectivity index (χ2n) is 4.90. The molecule has 0 spiro atoms. The van der Waals surface area contributed by atoms with E-state index in [-0.39, 0.29) is 0 Å². The third-order valence-corrected chi connectivity index (χ3v) is 6.23. The molecule has 0 saturated heterocycles. The number of allylic oxidation sites excluding steroid dienone is 2. The second kappa shape index (κ2) is 5.85. The Hall–Kier alpha value is -1.08. The number of aryl methyl sites for hydroxylation is 1. The standard InChI is InChI=1S/C15H22Si/c1-5-7-8-14-9-11-15(12-10-14)16(3,4)13-6-2/h5-6,9-12H,1-2,7-8,13H2,3-4H3. The Balaban J connectivity index is 2.77. The average Bonchev–Trinajstić information content (AvgIpc) is 2.27. The maximum Gasteiger partial charge on any atom is 0.0843 e. The zero-order valence-electron chi connectivity index (χ0n) is 10.5. The lowest BCUT2D eigenvalue weighted by molar-refractivity contribution is 1.00. The van der Waals surface area contributed by atoms with E-state index in [9.17, 15) is 0 Å². The fraction of sp³-hybridized carbons (Fsp3) is 0.333. The van der Waals surface area contributed by atoms with Crippen LogP contribution in [0.15, 0.2) is 49.6 Å². The SMILES string of the molecule is C=CCCc1ccc([Si](C)(C)CC=C)cc1. The van der Waals surface area contributed by atoms with E-state index >= 15 is 0 Å². The van der Waals surface area contributed by atoms with Crippen molar-refractivity contribution >= 4 is 13.3 Å². The predicted octanol–water partition coefficient (Wildman–Crippen LogP) is 3.91. The largest absolute Gasteiger partial charge is 0.103 e. The smallest absolute Gasteiger partial charge is 0.0843 e. The van der Waals surface area contributed by atoms with Crippen molar-refractivity contribution in [2.45, 2.75) is 32.0 Å². The maximum absolute atomic E-state index is 3.85. The van der Waals surface area contributed by atoms with E-state index in [1.165, 1.54) is 10.8 Å². The predicted molar refractivity (Wildman–Crippen MR) is 77.1 cm³/mol. The Labute approximate surface area is 101 Å². The Morgan fingerprint density at radius 2 is 1.69 bits per heavy atom. The zero-order valence-corrected chi connectivity index (χ0v) is 11.5. The van der Waals surface area contributed by atoms with Crippen molar-refractivity contribution in [2.75, 3.05) is 0 Å². The van der Waals surface area contributed by atoms with Crippen LogP contribution in [-0.4, -0.2) is 8.07 Å². The normalized spacial score (nSPS) is 11.1. The summed E-state index contributed by atoms with van der Waals surface area (Å²) >= 11 is 0. The van der Waals surface area contributed by atoms with Crippen molar-refractivity contribution in [3.05, 3.63) is 55.1 Å². The highest BCUT2D eigenvalue weighted by Crippen LogP contribution is 2.11. The molecule has 0 aliphatic rings. The summed E-state index contributed by atoms with van der Waals surface area (Å²) in [5, 5.41) is 1.52. The van der Waals surface area contributed by atoms with Crippen molar-refractivity contribution in [3.63, 3.8) is 0 Å². The first-order chi connectivity index (χ1) is 7.60. The summed E-state index contributed by atoms with van der Waals surface area (Å²) in [6, 6.07) is 10.3. The van der Waals surface area contributed by atoms with Gasteiger partial charge in [-0.3, -0.25) is 0 Å². The van der Waals surface area contributed by atoms with Crippen molar-refractivity contribution in [2.24, 2.45) is 0 Å². The Morgan fingerprint density at radius 1 is 1.06 bits per heavy atom. The Morgan fingerprint density at radius 3 is 2.19 bits per heavy atom. The highest BCUT2D eigenvalue weighted by atomic mass is 28.3. The van der Waals surface area contributed by atoms with Crippen LogP contribution in [0.5, 0.6) is 0 Å². The molecule has 0 amide bonds. The molecule has 1 heteroatoms. The first-order valence-electron chi connectivity index (χ1n) is 5.91. The van der Waals surface area contributed by atoms with E-state index in [1.54, 1.807) is 0 Å². The van der Waals surface area contributed by atoms with Gasteiger partial charge in [-0.05, 0) is 24.4 Å². The van der Waals surface area contributed by atoms with Gasteiger partial charge in [-0.1, -0.05) is 54.7 Å². The minimum Gasteiger partial charge on any atom is -0.103 e. The summed E-state index contributed by atoms with van der Waals surface area (Å²) in [6.07, 6.45) is 6.20. The van der Waals surface area contributed by atoms with Crippen LogP contribution in [0.3, 0.4) is 0 Å². The molecule has 0 nitrogen and oxygen atoms in total. The zero-order chi connectivity index (χ0) is 12.0. The van der Waals surface area contributed by atoms with Crippen LogP contribution < -0.4 is 5.19 Å². The second-order valence-corrected chi connectivity index (χ2v) is 9.65. The van der Waals surface area contributed by atoms with Gasteiger partial charge in [0.05, 0.1) is 8.07 Å².